The van der Waals surface area contributed by atoms with E-state index in [1.54, 1.807) is 18.6 Å². The van der Waals surface area contributed by atoms with Gasteiger partial charge in [0.1, 0.15) is 23.6 Å². The molecule has 1 unspecified atom stereocenters. The van der Waals surface area contributed by atoms with Crippen LogP contribution < -0.4 is 0 Å². The molecule has 1 aromatic heterocycles. The van der Waals surface area contributed by atoms with Crippen LogP contribution in [0.15, 0.2) is 23.0 Å². The van der Waals surface area contributed by atoms with E-state index in [0.29, 0.717) is 32.1 Å². The van der Waals surface area contributed by atoms with Gasteiger partial charge in [-0.3, -0.25) is 14.4 Å². The van der Waals surface area contributed by atoms with Crippen LogP contribution in [-0.2, 0) is 28.6 Å². The van der Waals surface area contributed by atoms with Gasteiger partial charge in [-0.2, -0.15) is 0 Å². The third-order valence-electron chi connectivity index (χ3n) is 8.32. The number of carbonyl (C=O) groups excluding carboxylic acids is 3. The molecule has 2 saturated heterocycles. The standard InChI is InChI=1S/C25H34O7/c1-6-14(2)22(27)31-21(24(4)19(26)7-8-20-25(24,5)32-20)11-15(3)17-12-18(30-23(17)28)16-9-10-29-13-16/h9-10,13-15,17-18,20-21H,6-8,11-12H2,1-5H3/t14?,15-,17-,18-,20-,21-,24-,25-/m1/s1. The van der Waals surface area contributed by atoms with E-state index in [2.05, 4.69) is 0 Å². The van der Waals surface area contributed by atoms with Crippen LogP contribution in [0.3, 0.4) is 0 Å². The summed E-state index contributed by atoms with van der Waals surface area (Å²) in [7, 11) is 0. The fraction of sp³-hybridized carbons (Fsp3) is 0.720. The fourth-order valence-corrected chi connectivity index (χ4v) is 5.41. The van der Waals surface area contributed by atoms with Crippen LogP contribution in [-0.4, -0.2) is 35.5 Å². The molecule has 3 heterocycles. The number of Topliss-reactive ketones (excluding diaryl/α,β-unsaturated/α-hetero) is 1. The predicted octanol–water partition coefficient (Wildman–Crippen LogP) is 4.39. The van der Waals surface area contributed by atoms with Crippen LogP contribution >= 0.6 is 0 Å². The molecule has 1 aliphatic carbocycles. The zero-order valence-corrected chi connectivity index (χ0v) is 19.6. The van der Waals surface area contributed by atoms with Crippen molar-refractivity contribution < 1.29 is 33.0 Å². The van der Waals surface area contributed by atoms with Crippen LogP contribution in [0.4, 0.5) is 0 Å². The first-order chi connectivity index (χ1) is 15.1. The average Bonchev–Trinajstić information content (AvgIpc) is 3.12. The van der Waals surface area contributed by atoms with Gasteiger partial charge in [0.15, 0.2) is 0 Å². The number of esters is 2. The molecule has 2 aliphatic heterocycles. The number of rotatable bonds is 8. The van der Waals surface area contributed by atoms with Gasteiger partial charge in [-0.15, -0.1) is 0 Å². The number of ketones is 1. The van der Waals surface area contributed by atoms with Crippen molar-refractivity contribution in [2.24, 2.45) is 23.2 Å². The molecule has 176 valence electrons. The zero-order valence-electron chi connectivity index (χ0n) is 19.6. The summed E-state index contributed by atoms with van der Waals surface area (Å²) in [5.74, 6) is -1.25. The molecular weight excluding hydrogens is 412 g/mol. The number of ether oxygens (including phenoxy) is 3. The van der Waals surface area contributed by atoms with Gasteiger partial charge in [-0.25, -0.2) is 0 Å². The fourth-order valence-electron chi connectivity index (χ4n) is 5.41. The molecule has 1 aromatic rings. The van der Waals surface area contributed by atoms with Crippen molar-refractivity contribution in [2.75, 3.05) is 0 Å². The Hall–Kier alpha value is -2.15. The second kappa shape index (κ2) is 8.32. The van der Waals surface area contributed by atoms with E-state index in [0.717, 1.165) is 5.56 Å². The molecule has 7 nitrogen and oxygen atoms in total. The maximum Gasteiger partial charge on any atom is 0.309 e. The quantitative estimate of drug-likeness (QED) is 0.431. The molecular formula is C25H34O7. The van der Waals surface area contributed by atoms with Crippen molar-refractivity contribution in [3.8, 4) is 0 Å². The maximum absolute atomic E-state index is 13.2. The Kier molecular flexibility index (Phi) is 5.99. The van der Waals surface area contributed by atoms with Gasteiger partial charge in [0, 0.05) is 18.4 Å². The minimum atomic E-state index is -0.945. The first kappa shape index (κ1) is 23.0. The first-order valence-corrected chi connectivity index (χ1v) is 11.8. The molecule has 8 atom stereocenters. The zero-order chi connectivity index (χ0) is 23.3. The molecule has 3 fully saturated rings. The van der Waals surface area contributed by atoms with Crippen LogP contribution in [0, 0.1) is 23.2 Å². The molecule has 0 bridgehead atoms. The average molecular weight is 447 g/mol. The number of hydrogen-bond donors (Lipinski definition) is 0. The van der Waals surface area contributed by atoms with E-state index in [1.165, 1.54) is 0 Å². The summed E-state index contributed by atoms with van der Waals surface area (Å²) >= 11 is 0. The topological polar surface area (TPSA) is 95.3 Å². The monoisotopic (exact) mass is 446 g/mol. The van der Waals surface area contributed by atoms with E-state index in [-0.39, 0.29) is 47.7 Å². The summed E-state index contributed by atoms with van der Waals surface area (Å²) in [4.78, 5) is 38.7. The third kappa shape index (κ3) is 3.68. The second-order valence-electron chi connectivity index (χ2n) is 10.1. The number of furan rings is 1. The molecule has 0 spiro atoms. The van der Waals surface area contributed by atoms with Crippen molar-refractivity contribution in [3.05, 3.63) is 24.2 Å². The number of carbonyl (C=O) groups is 3. The summed E-state index contributed by atoms with van der Waals surface area (Å²) in [5, 5.41) is 0. The molecule has 0 radical (unpaired) electrons. The molecule has 4 rings (SSSR count). The Morgan fingerprint density at radius 3 is 2.69 bits per heavy atom. The van der Waals surface area contributed by atoms with Crippen molar-refractivity contribution >= 4 is 17.7 Å². The smallest absolute Gasteiger partial charge is 0.309 e. The molecule has 7 heteroatoms. The molecule has 0 N–H and O–H groups in total. The normalized spacial score (nSPS) is 36.7. The molecule has 3 aliphatic rings. The summed E-state index contributed by atoms with van der Waals surface area (Å²) in [6.45, 7) is 9.55. The maximum atomic E-state index is 13.2. The van der Waals surface area contributed by atoms with Gasteiger partial charge < -0.3 is 18.6 Å². The van der Waals surface area contributed by atoms with Crippen molar-refractivity contribution in [2.45, 2.75) is 90.6 Å². The minimum Gasteiger partial charge on any atom is -0.472 e. The Labute approximate surface area is 189 Å². The SMILES string of the molecule is CCC(C)C(=O)O[C@H](C[C@@H](C)[C@H]1C[C@H](c2ccoc2)OC1=O)[C@@]1(C)C(=O)CC[C@H]2O[C@]21C. The molecule has 1 saturated carbocycles. The lowest BCUT2D eigenvalue weighted by Gasteiger charge is -2.42. The molecule has 0 aromatic carbocycles. The highest BCUT2D eigenvalue weighted by Crippen LogP contribution is 2.59. The first-order valence-electron chi connectivity index (χ1n) is 11.8. The summed E-state index contributed by atoms with van der Waals surface area (Å²) < 4.78 is 22.7. The minimum absolute atomic E-state index is 0.00669. The lowest BCUT2D eigenvalue weighted by Crippen LogP contribution is -2.55. The summed E-state index contributed by atoms with van der Waals surface area (Å²) in [6.07, 6.45) is 4.86. The predicted molar refractivity (Wildman–Crippen MR) is 114 cm³/mol. The third-order valence-corrected chi connectivity index (χ3v) is 8.32. The van der Waals surface area contributed by atoms with Crippen LogP contribution in [0.2, 0.25) is 0 Å². The van der Waals surface area contributed by atoms with Gasteiger partial charge in [-0.05, 0) is 45.1 Å². The van der Waals surface area contributed by atoms with Crippen LogP contribution in [0.5, 0.6) is 0 Å². The van der Waals surface area contributed by atoms with E-state index in [4.69, 9.17) is 18.6 Å². The number of hydrogen-bond acceptors (Lipinski definition) is 7. The van der Waals surface area contributed by atoms with Crippen molar-refractivity contribution in [3.63, 3.8) is 0 Å². The molecule has 0 amide bonds. The van der Waals surface area contributed by atoms with E-state index in [9.17, 15) is 14.4 Å². The Balaban J connectivity index is 1.56. The van der Waals surface area contributed by atoms with E-state index >= 15 is 0 Å². The van der Waals surface area contributed by atoms with Gasteiger partial charge in [0.25, 0.3) is 0 Å². The number of fused-ring (bicyclic) bond motifs is 1. The Morgan fingerprint density at radius 1 is 1.28 bits per heavy atom. The Morgan fingerprint density at radius 2 is 2.03 bits per heavy atom. The highest BCUT2D eigenvalue weighted by Gasteiger charge is 2.72. The highest BCUT2D eigenvalue weighted by molar-refractivity contribution is 5.89. The Bertz CT molecular complexity index is 877. The highest BCUT2D eigenvalue weighted by atomic mass is 16.6. The van der Waals surface area contributed by atoms with Crippen molar-refractivity contribution in [1.82, 2.24) is 0 Å². The van der Waals surface area contributed by atoms with Gasteiger partial charge >= 0.3 is 11.9 Å². The summed E-state index contributed by atoms with van der Waals surface area (Å²) in [5.41, 5.74) is -0.749. The lowest BCUT2D eigenvalue weighted by molar-refractivity contribution is -0.170. The second-order valence-corrected chi connectivity index (χ2v) is 10.1. The van der Waals surface area contributed by atoms with Gasteiger partial charge in [0.05, 0.1) is 35.9 Å². The van der Waals surface area contributed by atoms with Crippen molar-refractivity contribution in [1.29, 1.82) is 0 Å². The largest absolute Gasteiger partial charge is 0.472 e. The van der Waals surface area contributed by atoms with Gasteiger partial charge in [0.2, 0.25) is 0 Å². The number of cyclic esters (lactones) is 1. The summed E-state index contributed by atoms with van der Waals surface area (Å²) in [6, 6.07) is 1.80. The number of epoxide rings is 1. The van der Waals surface area contributed by atoms with Gasteiger partial charge in [-0.1, -0.05) is 20.8 Å². The lowest BCUT2D eigenvalue weighted by atomic mass is 9.62. The van der Waals surface area contributed by atoms with E-state index < -0.39 is 17.1 Å². The van der Waals surface area contributed by atoms with E-state index in [1.807, 2.05) is 34.6 Å². The van der Waals surface area contributed by atoms with Crippen LogP contribution in [0.1, 0.15) is 78.4 Å². The molecule has 32 heavy (non-hydrogen) atoms. The van der Waals surface area contributed by atoms with Crippen LogP contribution in [0.25, 0.3) is 0 Å².